The van der Waals surface area contributed by atoms with Gasteiger partial charge in [-0.15, -0.1) is 0 Å². The van der Waals surface area contributed by atoms with E-state index in [1.807, 2.05) is 0 Å². The number of rotatable bonds is 6. The van der Waals surface area contributed by atoms with Gasteiger partial charge in [-0.1, -0.05) is 12.1 Å². The van der Waals surface area contributed by atoms with Crippen LogP contribution in [0.2, 0.25) is 0 Å². The molecule has 1 aliphatic heterocycles. The topological polar surface area (TPSA) is 66.5 Å². The molecule has 0 bridgehead atoms. The van der Waals surface area contributed by atoms with E-state index in [-0.39, 0.29) is 30.1 Å². The quantitative estimate of drug-likeness (QED) is 0.851. The van der Waals surface area contributed by atoms with Crippen molar-refractivity contribution >= 4 is 15.9 Å². The maximum atomic E-state index is 13.5. The number of amides is 1. The smallest absolute Gasteiger partial charge is 0.219 e. The summed E-state index contributed by atoms with van der Waals surface area (Å²) in [4.78, 5) is 13.4. The molecule has 0 aliphatic carbocycles. The number of carbonyl (C=O) groups is 1. The summed E-state index contributed by atoms with van der Waals surface area (Å²) in [6.07, 6.45) is 3.26. The van der Waals surface area contributed by atoms with Gasteiger partial charge in [-0.05, 0) is 49.8 Å². The van der Waals surface area contributed by atoms with E-state index in [4.69, 9.17) is 0 Å². The van der Waals surface area contributed by atoms with E-state index in [1.165, 1.54) is 13.0 Å². The molecule has 0 saturated carbocycles. The standard InChI is InChI=1S/C17H25FN2O3S/c1-13-6-7-15(11-17(13)18)12-19-24(22,23)10-8-16-5-3-4-9-20(16)14(2)21/h6-7,11,16,19H,3-5,8-10,12H2,1-2H3. The van der Waals surface area contributed by atoms with Gasteiger partial charge in [0.1, 0.15) is 5.82 Å². The van der Waals surface area contributed by atoms with Crippen LogP contribution in [0.3, 0.4) is 0 Å². The molecular formula is C17H25FN2O3S. The van der Waals surface area contributed by atoms with Gasteiger partial charge < -0.3 is 4.90 Å². The van der Waals surface area contributed by atoms with Crippen LogP contribution in [-0.4, -0.2) is 37.6 Å². The minimum atomic E-state index is -3.46. The molecule has 2 rings (SSSR count). The van der Waals surface area contributed by atoms with Crippen LogP contribution in [0, 0.1) is 12.7 Å². The van der Waals surface area contributed by atoms with E-state index in [9.17, 15) is 17.6 Å². The van der Waals surface area contributed by atoms with Crippen LogP contribution >= 0.6 is 0 Å². The highest BCUT2D eigenvalue weighted by Crippen LogP contribution is 2.20. The van der Waals surface area contributed by atoms with Crippen molar-refractivity contribution in [2.45, 2.75) is 52.1 Å². The minimum Gasteiger partial charge on any atom is -0.340 e. The SMILES string of the molecule is CC(=O)N1CCCCC1CCS(=O)(=O)NCc1ccc(C)c(F)c1. The summed E-state index contributed by atoms with van der Waals surface area (Å²) in [5.74, 6) is -0.373. The number of hydrogen-bond donors (Lipinski definition) is 1. The maximum absolute atomic E-state index is 13.5. The Kier molecular flexibility index (Phi) is 6.34. The number of nitrogens with one attached hydrogen (secondary N) is 1. The molecule has 1 heterocycles. The Morgan fingerprint density at radius 1 is 1.38 bits per heavy atom. The monoisotopic (exact) mass is 356 g/mol. The number of hydrogen-bond acceptors (Lipinski definition) is 3. The average Bonchev–Trinajstić information content (AvgIpc) is 2.54. The first-order chi connectivity index (χ1) is 11.3. The molecule has 1 atom stereocenters. The number of nitrogens with zero attached hydrogens (tertiary/aromatic N) is 1. The summed E-state index contributed by atoms with van der Waals surface area (Å²) in [5.41, 5.74) is 1.12. The van der Waals surface area contributed by atoms with Crippen LogP contribution < -0.4 is 4.72 Å². The van der Waals surface area contributed by atoms with Gasteiger partial charge in [0, 0.05) is 26.1 Å². The van der Waals surface area contributed by atoms with E-state index in [0.717, 1.165) is 19.3 Å². The zero-order valence-corrected chi connectivity index (χ0v) is 15.0. The summed E-state index contributed by atoms with van der Waals surface area (Å²) in [6.45, 7) is 3.96. The van der Waals surface area contributed by atoms with Crippen LogP contribution in [0.4, 0.5) is 4.39 Å². The second-order valence-corrected chi connectivity index (χ2v) is 8.30. The Morgan fingerprint density at radius 2 is 2.12 bits per heavy atom. The van der Waals surface area contributed by atoms with Crippen molar-refractivity contribution in [3.05, 3.63) is 35.1 Å². The van der Waals surface area contributed by atoms with Crippen molar-refractivity contribution in [1.29, 1.82) is 0 Å². The third kappa shape index (κ3) is 5.27. The lowest BCUT2D eigenvalue weighted by Crippen LogP contribution is -2.43. The van der Waals surface area contributed by atoms with Gasteiger partial charge >= 0.3 is 0 Å². The maximum Gasteiger partial charge on any atom is 0.219 e. The fraction of sp³-hybridized carbons (Fsp3) is 0.588. The molecule has 0 radical (unpaired) electrons. The van der Waals surface area contributed by atoms with Crippen molar-refractivity contribution in [1.82, 2.24) is 9.62 Å². The average molecular weight is 356 g/mol. The summed E-state index contributed by atoms with van der Waals surface area (Å²) in [5, 5.41) is 0. The third-order valence-corrected chi connectivity index (χ3v) is 5.84. The summed E-state index contributed by atoms with van der Waals surface area (Å²) in [7, 11) is -3.46. The number of halogens is 1. The van der Waals surface area contributed by atoms with Crippen LogP contribution in [0.1, 0.15) is 43.7 Å². The van der Waals surface area contributed by atoms with E-state index in [1.54, 1.807) is 24.0 Å². The lowest BCUT2D eigenvalue weighted by atomic mass is 10.00. The number of carbonyl (C=O) groups excluding carboxylic acids is 1. The van der Waals surface area contributed by atoms with E-state index < -0.39 is 10.0 Å². The Bertz CT molecular complexity index is 691. The molecule has 5 nitrogen and oxygen atoms in total. The second kappa shape index (κ2) is 8.07. The summed E-state index contributed by atoms with van der Waals surface area (Å²) in [6, 6.07) is 4.67. The van der Waals surface area contributed by atoms with Crippen molar-refractivity contribution in [3.63, 3.8) is 0 Å². The van der Waals surface area contributed by atoms with Crippen LogP contribution in [0.5, 0.6) is 0 Å². The Balaban J connectivity index is 1.88. The molecule has 1 unspecified atom stereocenters. The lowest BCUT2D eigenvalue weighted by molar-refractivity contribution is -0.132. The summed E-state index contributed by atoms with van der Waals surface area (Å²) >= 11 is 0. The number of sulfonamides is 1. The van der Waals surface area contributed by atoms with Crippen molar-refractivity contribution < 1.29 is 17.6 Å². The van der Waals surface area contributed by atoms with E-state index in [2.05, 4.69) is 4.72 Å². The van der Waals surface area contributed by atoms with Gasteiger partial charge in [0.25, 0.3) is 0 Å². The van der Waals surface area contributed by atoms with Crippen LogP contribution in [0.25, 0.3) is 0 Å². The molecule has 1 fully saturated rings. The van der Waals surface area contributed by atoms with Gasteiger partial charge in [-0.2, -0.15) is 0 Å². The molecular weight excluding hydrogens is 331 g/mol. The second-order valence-electron chi connectivity index (χ2n) is 6.37. The predicted molar refractivity (Wildman–Crippen MR) is 91.4 cm³/mol. The highest BCUT2D eigenvalue weighted by molar-refractivity contribution is 7.89. The molecule has 1 aliphatic rings. The van der Waals surface area contributed by atoms with Gasteiger partial charge in [-0.25, -0.2) is 17.5 Å². The fourth-order valence-electron chi connectivity index (χ4n) is 3.02. The number of likely N-dealkylation sites (tertiary alicyclic amines) is 1. The molecule has 24 heavy (non-hydrogen) atoms. The highest BCUT2D eigenvalue weighted by Gasteiger charge is 2.25. The number of benzene rings is 1. The number of piperidine rings is 1. The molecule has 1 amide bonds. The zero-order valence-electron chi connectivity index (χ0n) is 14.2. The lowest BCUT2D eigenvalue weighted by Gasteiger charge is -2.35. The van der Waals surface area contributed by atoms with Crippen molar-refractivity contribution in [2.24, 2.45) is 0 Å². The minimum absolute atomic E-state index is 0.000174. The zero-order chi connectivity index (χ0) is 17.7. The predicted octanol–water partition coefficient (Wildman–Crippen LogP) is 2.34. The fourth-order valence-corrected chi connectivity index (χ4v) is 4.13. The normalized spacial score (nSPS) is 18.6. The Hall–Kier alpha value is -1.47. The molecule has 0 aromatic heterocycles. The van der Waals surface area contributed by atoms with Gasteiger partial charge in [0.15, 0.2) is 0 Å². The van der Waals surface area contributed by atoms with Gasteiger partial charge in [0.2, 0.25) is 15.9 Å². The summed E-state index contributed by atoms with van der Waals surface area (Å²) < 4.78 is 40.3. The highest BCUT2D eigenvalue weighted by atomic mass is 32.2. The van der Waals surface area contributed by atoms with E-state index in [0.29, 0.717) is 24.1 Å². The molecule has 1 aromatic rings. The van der Waals surface area contributed by atoms with Crippen molar-refractivity contribution in [2.75, 3.05) is 12.3 Å². The molecule has 134 valence electrons. The molecule has 1 N–H and O–H groups in total. The molecule has 1 aromatic carbocycles. The van der Waals surface area contributed by atoms with Gasteiger partial charge in [-0.3, -0.25) is 4.79 Å². The third-order valence-electron chi connectivity index (χ3n) is 4.48. The Morgan fingerprint density at radius 3 is 2.79 bits per heavy atom. The molecule has 1 saturated heterocycles. The largest absolute Gasteiger partial charge is 0.340 e. The Labute approximate surface area is 143 Å². The number of aryl methyl sites for hydroxylation is 1. The van der Waals surface area contributed by atoms with Gasteiger partial charge in [0.05, 0.1) is 5.75 Å². The van der Waals surface area contributed by atoms with Crippen LogP contribution in [0.15, 0.2) is 18.2 Å². The first kappa shape index (κ1) is 18.9. The first-order valence-electron chi connectivity index (χ1n) is 8.28. The first-order valence-corrected chi connectivity index (χ1v) is 9.93. The van der Waals surface area contributed by atoms with Crippen LogP contribution in [-0.2, 0) is 21.4 Å². The molecule has 0 spiro atoms. The van der Waals surface area contributed by atoms with Crippen molar-refractivity contribution in [3.8, 4) is 0 Å². The van der Waals surface area contributed by atoms with E-state index >= 15 is 0 Å². The molecule has 7 heteroatoms.